The van der Waals surface area contributed by atoms with E-state index in [0.29, 0.717) is 11.3 Å². The Labute approximate surface area is 97.6 Å². The van der Waals surface area contributed by atoms with Crippen molar-refractivity contribution < 1.29 is 13.9 Å². The number of hydrogen-bond acceptors (Lipinski definition) is 3. The van der Waals surface area contributed by atoms with Gasteiger partial charge in [-0.3, -0.25) is 0 Å². The smallest absolute Gasteiger partial charge is 0.341 e. The van der Waals surface area contributed by atoms with Crippen molar-refractivity contribution in [3.8, 4) is 5.69 Å². The Bertz CT molecular complexity index is 563. The van der Waals surface area contributed by atoms with Crippen molar-refractivity contribution in [1.29, 1.82) is 0 Å². The Morgan fingerprint density at radius 3 is 2.94 bits per heavy atom. The molecule has 0 aliphatic heterocycles. The van der Waals surface area contributed by atoms with Crippen molar-refractivity contribution in [3.05, 3.63) is 47.5 Å². The number of aromatic nitrogens is 2. The number of methoxy groups -OCH3 is 1. The van der Waals surface area contributed by atoms with Crippen LogP contribution in [-0.2, 0) is 4.74 Å². The number of hydrogen-bond donors (Lipinski definition) is 0. The SMILES string of the molecule is COC(=O)c1cnn(-c2cccc(C)c2F)c1. The van der Waals surface area contributed by atoms with Crippen LogP contribution in [0, 0.1) is 12.7 Å². The molecule has 0 saturated carbocycles. The molecule has 1 aromatic heterocycles. The first kappa shape index (κ1) is 11.3. The molecule has 0 bridgehead atoms. The predicted molar refractivity (Wildman–Crippen MR) is 59.6 cm³/mol. The molecule has 17 heavy (non-hydrogen) atoms. The molecule has 0 N–H and O–H groups in total. The van der Waals surface area contributed by atoms with E-state index in [-0.39, 0.29) is 11.4 Å². The zero-order valence-corrected chi connectivity index (χ0v) is 9.48. The fourth-order valence-electron chi connectivity index (χ4n) is 1.49. The lowest BCUT2D eigenvalue weighted by molar-refractivity contribution is 0.0600. The van der Waals surface area contributed by atoms with Gasteiger partial charge in [-0.25, -0.2) is 13.9 Å². The Kier molecular flexibility index (Phi) is 2.91. The van der Waals surface area contributed by atoms with Crippen LogP contribution in [0.15, 0.2) is 30.6 Å². The highest BCUT2D eigenvalue weighted by Gasteiger charge is 2.12. The minimum Gasteiger partial charge on any atom is -0.465 e. The van der Waals surface area contributed by atoms with Crippen LogP contribution in [0.4, 0.5) is 4.39 Å². The summed E-state index contributed by atoms with van der Waals surface area (Å²) >= 11 is 0. The molecule has 0 aliphatic carbocycles. The summed E-state index contributed by atoms with van der Waals surface area (Å²) < 4.78 is 19.7. The molecular weight excluding hydrogens is 223 g/mol. The van der Waals surface area contributed by atoms with E-state index < -0.39 is 5.97 Å². The van der Waals surface area contributed by atoms with Crippen LogP contribution in [-0.4, -0.2) is 22.9 Å². The second-order valence-corrected chi connectivity index (χ2v) is 3.57. The van der Waals surface area contributed by atoms with E-state index in [2.05, 4.69) is 9.84 Å². The van der Waals surface area contributed by atoms with E-state index in [0.717, 1.165) is 0 Å². The Morgan fingerprint density at radius 1 is 1.47 bits per heavy atom. The maximum Gasteiger partial charge on any atom is 0.341 e. The third-order valence-electron chi connectivity index (χ3n) is 2.42. The molecule has 0 atom stereocenters. The van der Waals surface area contributed by atoms with Gasteiger partial charge in [0.1, 0.15) is 5.69 Å². The van der Waals surface area contributed by atoms with Gasteiger partial charge >= 0.3 is 5.97 Å². The van der Waals surface area contributed by atoms with E-state index in [9.17, 15) is 9.18 Å². The van der Waals surface area contributed by atoms with Gasteiger partial charge in [0.15, 0.2) is 5.82 Å². The normalized spacial score (nSPS) is 10.3. The number of carbonyl (C=O) groups is 1. The standard InChI is InChI=1S/C12H11FN2O2/c1-8-4-3-5-10(11(8)13)15-7-9(6-14-15)12(16)17-2/h3-7H,1-2H3. The lowest BCUT2D eigenvalue weighted by Crippen LogP contribution is -2.01. The van der Waals surface area contributed by atoms with Gasteiger partial charge in [0, 0.05) is 6.20 Å². The van der Waals surface area contributed by atoms with Gasteiger partial charge in [0.25, 0.3) is 0 Å². The van der Waals surface area contributed by atoms with E-state index in [1.54, 1.807) is 25.1 Å². The number of benzene rings is 1. The average molecular weight is 234 g/mol. The quantitative estimate of drug-likeness (QED) is 0.747. The number of aryl methyl sites for hydroxylation is 1. The largest absolute Gasteiger partial charge is 0.465 e. The monoisotopic (exact) mass is 234 g/mol. The average Bonchev–Trinajstić information content (AvgIpc) is 2.81. The Hall–Kier alpha value is -2.17. The van der Waals surface area contributed by atoms with E-state index in [1.807, 2.05) is 0 Å². The van der Waals surface area contributed by atoms with Gasteiger partial charge in [-0.1, -0.05) is 12.1 Å². The molecule has 2 rings (SSSR count). The molecule has 0 unspecified atom stereocenters. The maximum atomic E-state index is 13.8. The summed E-state index contributed by atoms with van der Waals surface area (Å²) in [5.74, 6) is -0.851. The van der Waals surface area contributed by atoms with Gasteiger partial charge in [0.05, 0.1) is 18.9 Å². The van der Waals surface area contributed by atoms with Gasteiger partial charge < -0.3 is 4.74 Å². The van der Waals surface area contributed by atoms with Crippen LogP contribution < -0.4 is 0 Å². The number of rotatable bonds is 2. The molecule has 4 nitrogen and oxygen atoms in total. The van der Waals surface area contributed by atoms with Gasteiger partial charge in [-0.2, -0.15) is 5.10 Å². The highest BCUT2D eigenvalue weighted by Crippen LogP contribution is 2.16. The highest BCUT2D eigenvalue weighted by molar-refractivity contribution is 5.88. The molecule has 5 heteroatoms. The molecule has 0 aliphatic rings. The summed E-state index contributed by atoms with van der Waals surface area (Å²) in [6, 6.07) is 4.99. The summed E-state index contributed by atoms with van der Waals surface area (Å²) in [5.41, 5.74) is 1.12. The first-order chi connectivity index (χ1) is 8.13. The van der Waals surface area contributed by atoms with Crippen LogP contribution in [0.1, 0.15) is 15.9 Å². The summed E-state index contributed by atoms with van der Waals surface area (Å²) in [4.78, 5) is 11.2. The molecule has 88 valence electrons. The highest BCUT2D eigenvalue weighted by atomic mass is 19.1. The van der Waals surface area contributed by atoms with Crippen molar-refractivity contribution in [2.24, 2.45) is 0 Å². The van der Waals surface area contributed by atoms with Gasteiger partial charge in [0.2, 0.25) is 0 Å². The summed E-state index contributed by atoms with van der Waals surface area (Å²) in [7, 11) is 1.28. The van der Waals surface area contributed by atoms with Gasteiger partial charge in [-0.05, 0) is 18.6 Å². The summed E-state index contributed by atoms with van der Waals surface area (Å²) in [5, 5.41) is 3.93. The van der Waals surface area contributed by atoms with Crippen LogP contribution in [0.5, 0.6) is 0 Å². The third-order valence-corrected chi connectivity index (χ3v) is 2.42. The summed E-state index contributed by atoms with van der Waals surface area (Å²) in [6.07, 6.45) is 2.78. The van der Waals surface area contributed by atoms with Crippen molar-refractivity contribution in [2.45, 2.75) is 6.92 Å². The minimum absolute atomic E-state index is 0.286. The van der Waals surface area contributed by atoms with Crippen molar-refractivity contribution >= 4 is 5.97 Å². The Morgan fingerprint density at radius 2 is 2.24 bits per heavy atom. The third kappa shape index (κ3) is 2.04. The molecule has 0 fully saturated rings. The van der Waals surface area contributed by atoms with E-state index >= 15 is 0 Å². The Balaban J connectivity index is 2.44. The first-order valence-electron chi connectivity index (χ1n) is 5.02. The van der Waals surface area contributed by atoms with Crippen LogP contribution >= 0.6 is 0 Å². The summed E-state index contributed by atoms with van der Waals surface area (Å²) in [6.45, 7) is 1.67. The van der Waals surface area contributed by atoms with E-state index in [1.165, 1.54) is 24.2 Å². The number of carbonyl (C=O) groups excluding carboxylic acids is 1. The molecule has 1 heterocycles. The molecule has 1 aromatic carbocycles. The van der Waals surface area contributed by atoms with E-state index in [4.69, 9.17) is 0 Å². The van der Waals surface area contributed by atoms with Crippen molar-refractivity contribution in [3.63, 3.8) is 0 Å². The number of esters is 1. The fourth-order valence-corrected chi connectivity index (χ4v) is 1.49. The number of ether oxygens (including phenoxy) is 1. The zero-order valence-electron chi connectivity index (χ0n) is 9.48. The lowest BCUT2D eigenvalue weighted by Gasteiger charge is -2.04. The van der Waals surface area contributed by atoms with Crippen molar-refractivity contribution in [2.75, 3.05) is 7.11 Å². The number of halogens is 1. The van der Waals surface area contributed by atoms with Crippen LogP contribution in [0.25, 0.3) is 5.69 Å². The predicted octanol–water partition coefficient (Wildman–Crippen LogP) is 2.11. The fraction of sp³-hybridized carbons (Fsp3) is 0.167. The second kappa shape index (κ2) is 4.37. The second-order valence-electron chi connectivity index (χ2n) is 3.57. The number of nitrogens with zero attached hydrogens (tertiary/aromatic N) is 2. The zero-order chi connectivity index (χ0) is 12.4. The van der Waals surface area contributed by atoms with Crippen LogP contribution in [0.3, 0.4) is 0 Å². The molecule has 0 saturated heterocycles. The maximum absolute atomic E-state index is 13.8. The van der Waals surface area contributed by atoms with Crippen molar-refractivity contribution in [1.82, 2.24) is 9.78 Å². The molecule has 0 amide bonds. The lowest BCUT2D eigenvalue weighted by atomic mass is 10.2. The minimum atomic E-state index is -0.496. The molecule has 0 radical (unpaired) electrons. The van der Waals surface area contributed by atoms with Gasteiger partial charge in [-0.15, -0.1) is 0 Å². The molecular formula is C12H11FN2O2. The molecule has 2 aromatic rings. The topological polar surface area (TPSA) is 44.1 Å². The first-order valence-corrected chi connectivity index (χ1v) is 5.02. The molecule has 0 spiro atoms. The van der Waals surface area contributed by atoms with Crippen LogP contribution in [0.2, 0.25) is 0 Å².